The molecule has 1 aliphatic rings. The minimum absolute atomic E-state index is 0.242. The molecule has 0 bridgehead atoms. The van der Waals surface area contributed by atoms with Crippen LogP contribution in [-0.2, 0) is 19.6 Å². The summed E-state index contributed by atoms with van der Waals surface area (Å²) in [5.41, 5.74) is 1.01. The number of carbonyl (C=O) groups excluding carboxylic acids is 1. The van der Waals surface area contributed by atoms with Crippen LogP contribution in [0.3, 0.4) is 0 Å². The lowest BCUT2D eigenvalue weighted by atomic mass is 9.95. The molecule has 1 saturated carbocycles. The zero-order valence-corrected chi connectivity index (χ0v) is 14.6. The van der Waals surface area contributed by atoms with Crippen LogP contribution in [0.25, 0.3) is 0 Å². The van der Waals surface area contributed by atoms with Gasteiger partial charge in [-0.25, -0.2) is 13.1 Å². The van der Waals surface area contributed by atoms with Gasteiger partial charge in [-0.3, -0.25) is 4.79 Å². The highest BCUT2D eigenvalue weighted by molar-refractivity contribution is 7.89. The number of hydrogen-bond donors (Lipinski definition) is 1. The van der Waals surface area contributed by atoms with Crippen LogP contribution in [0, 0.1) is 6.92 Å². The minimum Gasteiger partial charge on any atom is -0.461 e. The molecule has 23 heavy (non-hydrogen) atoms. The first-order valence-electron chi connectivity index (χ1n) is 8.15. The Morgan fingerprint density at radius 3 is 2.30 bits per heavy atom. The van der Waals surface area contributed by atoms with Crippen LogP contribution in [0.2, 0.25) is 0 Å². The normalized spacial score (nSPS) is 22.9. The smallest absolute Gasteiger partial charge is 0.302 e. The molecule has 6 heteroatoms. The van der Waals surface area contributed by atoms with Crippen molar-refractivity contribution in [2.45, 2.75) is 69.4 Å². The Morgan fingerprint density at radius 2 is 1.70 bits per heavy atom. The second-order valence-corrected chi connectivity index (χ2v) is 7.89. The minimum atomic E-state index is -3.61. The van der Waals surface area contributed by atoms with Gasteiger partial charge in [-0.1, -0.05) is 37.0 Å². The largest absolute Gasteiger partial charge is 0.461 e. The topological polar surface area (TPSA) is 72.5 Å². The molecule has 1 aromatic carbocycles. The Hall–Kier alpha value is -1.40. The second kappa shape index (κ2) is 7.93. The fraction of sp³-hybridized carbons (Fsp3) is 0.588. The first-order chi connectivity index (χ1) is 10.9. The lowest BCUT2D eigenvalue weighted by Crippen LogP contribution is -2.45. The molecule has 128 valence electrons. The average Bonchev–Trinajstić information content (AvgIpc) is 2.46. The van der Waals surface area contributed by atoms with Crippen molar-refractivity contribution >= 4 is 16.0 Å². The van der Waals surface area contributed by atoms with Gasteiger partial charge >= 0.3 is 5.97 Å². The average molecular weight is 339 g/mol. The molecule has 1 aliphatic carbocycles. The lowest BCUT2D eigenvalue weighted by molar-refractivity contribution is -0.148. The number of ether oxygens (including phenoxy) is 1. The fourth-order valence-corrected chi connectivity index (χ4v) is 4.22. The quantitative estimate of drug-likeness (QED) is 0.856. The van der Waals surface area contributed by atoms with Crippen molar-refractivity contribution in [1.29, 1.82) is 0 Å². The third-order valence-electron chi connectivity index (χ3n) is 4.16. The van der Waals surface area contributed by atoms with Crippen LogP contribution in [0.5, 0.6) is 0 Å². The maximum absolute atomic E-state index is 12.6. The van der Waals surface area contributed by atoms with Gasteiger partial charge in [0, 0.05) is 6.92 Å². The van der Waals surface area contributed by atoms with Crippen LogP contribution in [0.15, 0.2) is 29.2 Å². The third kappa shape index (κ3) is 5.32. The third-order valence-corrected chi connectivity index (χ3v) is 5.66. The standard InChI is InChI=1S/C17H25NO4S/c1-13-9-11-15(12-10-13)23(20,21)18-16-7-5-3-4-6-8-17(16)22-14(2)19/h9-12,16-18H,3-8H2,1-2H3/t16-,17-/m0/s1. The van der Waals surface area contributed by atoms with Crippen molar-refractivity contribution in [3.8, 4) is 0 Å². The highest BCUT2D eigenvalue weighted by Crippen LogP contribution is 2.22. The summed E-state index contributed by atoms with van der Waals surface area (Å²) in [6, 6.07) is 6.38. The Balaban J connectivity index is 2.17. The first-order valence-corrected chi connectivity index (χ1v) is 9.63. The van der Waals surface area contributed by atoms with E-state index in [0.29, 0.717) is 12.8 Å². The summed E-state index contributed by atoms with van der Waals surface area (Å²) in [7, 11) is -3.61. The van der Waals surface area contributed by atoms with Gasteiger partial charge in [-0.05, 0) is 38.3 Å². The van der Waals surface area contributed by atoms with Gasteiger partial charge in [-0.15, -0.1) is 0 Å². The molecule has 2 atom stereocenters. The van der Waals surface area contributed by atoms with E-state index >= 15 is 0 Å². The molecule has 1 aromatic rings. The van der Waals surface area contributed by atoms with Gasteiger partial charge in [-0.2, -0.15) is 0 Å². The molecular weight excluding hydrogens is 314 g/mol. The SMILES string of the molecule is CC(=O)O[C@H]1CCCCCC[C@@H]1NS(=O)(=O)c1ccc(C)cc1. The summed E-state index contributed by atoms with van der Waals surface area (Å²) in [6.07, 6.45) is 5.03. The van der Waals surface area contributed by atoms with Gasteiger partial charge in [0.25, 0.3) is 0 Å². The van der Waals surface area contributed by atoms with Crippen LogP contribution in [0.4, 0.5) is 0 Å². The number of rotatable bonds is 4. The highest BCUT2D eigenvalue weighted by Gasteiger charge is 2.29. The molecule has 1 N–H and O–H groups in total. The zero-order valence-electron chi connectivity index (χ0n) is 13.7. The lowest BCUT2D eigenvalue weighted by Gasteiger charge is -2.29. The second-order valence-electron chi connectivity index (χ2n) is 6.18. The molecule has 0 heterocycles. The van der Waals surface area contributed by atoms with Crippen LogP contribution in [-0.4, -0.2) is 26.5 Å². The number of benzene rings is 1. The molecule has 2 rings (SSSR count). The summed E-state index contributed by atoms with van der Waals surface area (Å²) in [5.74, 6) is -0.366. The van der Waals surface area contributed by atoms with Gasteiger partial charge in [0.2, 0.25) is 10.0 Å². The number of nitrogens with one attached hydrogen (secondary N) is 1. The van der Waals surface area contributed by atoms with Crippen LogP contribution >= 0.6 is 0 Å². The molecule has 1 fully saturated rings. The summed E-state index contributed by atoms with van der Waals surface area (Å²) in [5, 5.41) is 0. The van der Waals surface area contributed by atoms with Crippen molar-refractivity contribution in [3.63, 3.8) is 0 Å². The Kier molecular flexibility index (Phi) is 6.18. The van der Waals surface area contributed by atoms with Gasteiger partial charge < -0.3 is 4.74 Å². The monoisotopic (exact) mass is 339 g/mol. The molecule has 0 saturated heterocycles. The summed E-state index contributed by atoms with van der Waals surface area (Å²) in [6.45, 7) is 3.28. The number of aryl methyl sites for hydroxylation is 1. The van der Waals surface area contributed by atoms with E-state index in [1.165, 1.54) is 6.92 Å². The molecule has 5 nitrogen and oxygen atoms in total. The van der Waals surface area contributed by atoms with E-state index in [0.717, 1.165) is 31.2 Å². The number of sulfonamides is 1. The van der Waals surface area contributed by atoms with E-state index in [1.54, 1.807) is 24.3 Å². The van der Waals surface area contributed by atoms with Gasteiger partial charge in [0.1, 0.15) is 6.10 Å². The first kappa shape index (κ1) is 17.9. The van der Waals surface area contributed by atoms with Crippen molar-refractivity contribution < 1.29 is 17.9 Å². The van der Waals surface area contributed by atoms with E-state index in [2.05, 4.69) is 4.72 Å². The summed E-state index contributed by atoms with van der Waals surface area (Å²) in [4.78, 5) is 11.6. The summed E-state index contributed by atoms with van der Waals surface area (Å²) < 4.78 is 33.3. The molecule has 0 radical (unpaired) electrons. The molecular formula is C17H25NO4S. The predicted octanol–water partition coefficient (Wildman–Crippen LogP) is 2.93. The van der Waals surface area contributed by atoms with Gasteiger partial charge in [0.15, 0.2) is 0 Å². The van der Waals surface area contributed by atoms with Crippen LogP contribution in [0.1, 0.15) is 51.0 Å². The highest BCUT2D eigenvalue weighted by atomic mass is 32.2. The Bertz CT molecular complexity index is 624. The molecule has 0 spiro atoms. The van der Waals surface area contributed by atoms with E-state index in [9.17, 15) is 13.2 Å². The van der Waals surface area contributed by atoms with E-state index < -0.39 is 16.1 Å². The molecule has 0 aliphatic heterocycles. The zero-order chi connectivity index (χ0) is 16.9. The maximum Gasteiger partial charge on any atom is 0.302 e. The van der Waals surface area contributed by atoms with E-state index in [4.69, 9.17) is 4.74 Å². The summed E-state index contributed by atoms with van der Waals surface area (Å²) >= 11 is 0. The van der Waals surface area contributed by atoms with Crippen molar-refractivity contribution in [2.75, 3.05) is 0 Å². The van der Waals surface area contributed by atoms with Crippen molar-refractivity contribution in [3.05, 3.63) is 29.8 Å². The van der Waals surface area contributed by atoms with Crippen LogP contribution < -0.4 is 4.72 Å². The fourth-order valence-electron chi connectivity index (χ4n) is 2.92. The molecule has 0 unspecified atom stereocenters. The predicted molar refractivity (Wildman–Crippen MR) is 88.5 cm³/mol. The van der Waals surface area contributed by atoms with Gasteiger partial charge in [0.05, 0.1) is 10.9 Å². The number of hydrogen-bond acceptors (Lipinski definition) is 4. The van der Waals surface area contributed by atoms with E-state index in [-0.39, 0.29) is 16.9 Å². The molecule has 0 aromatic heterocycles. The van der Waals surface area contributed by atoms with Crippen molar-refractivity contribution in [1.82, 2.24) is 4.72 Å². The maximum atomic E-state index is 12.6. The van der Waals surface area contributed by atoms with Crippen molar-refractivity contribution in [2.24, 2.45) is 0 Å². The van der Waals surface area contributed by atoms with E-state index in [1.807, 2.05) is 6.92 Å². The Labute approximate surface area is 138 Å². The number of esters is 1. The number of carbonyl (C=O) groups is 1. The molecule has 0 amide bonds. The Morgan fingerprint density at radius 1 is 1.09 bits per heavy atom.